The molecule has 0 aliphatic carbocycles. The largest absolute Gasteiger partial charge is 0.323 e. The number of hydrogen-bond donors (Lipinski definition) is 2. The fourth-order valence-electron chi connectivity index (χ4n) is 3.32. The predicted octanol–water partition coefficient (Wildman–Crippen LogP) is 4.97. The number of nitrogens with one attached hydrogen (secondary N) is 2. The minimum absolute atomic E-state index is 0.137. The van der Waals surface area contributed by atoms with Crippen LogP contribution in [-0.4, -0.2) is 14.3 Å². The Morgan fingerprint density at radius 1 is 0.781 bits per heavy atom. The van der Waals surface area contributed by atoms with Crippen LogP contribution in [0.5, 0.6) is 0 Å². The van der Waals surface area contributed by atoms with Gasteiger partial charge >= 0.3 is 0 Å². The van der Waals surface area contributed by atoms with E-state index < -0.39 is 10.0 Å². The zero-order valence-electron chi connectivity index (χ0n) is 17.2. The van der Waals surface area contributed by atoms with Crippen molar-refractivity contribution in [2.24, 2.45) is 0 Å². The van der Waals surface area contributed by atoms with Crippen molar-refractivity contribution >= 4 is 38.5 Å². The molecule has 0 aliphatic heterocycles. The van der Waals surface area contributed by atoms with E-state index in [1.165, 1.54) is 18.2 Å². The van der Waals surface area contributed by atoms with Crippen LogP contribution in [0.3, 0.4) is 0 Å². The van der Waals surface area contributed by atoms with Crippen LogP contribution in [0.1, 0.15) is 11.1 Å². The van der Waals surface area contributed by atoms with Crippen LogP contribution >= 0.6 is 0 Å². The molecular formula is C26H22N2O3S. The highest BCUT2D eigenvalue weighted by molar-refractivity contribution is 7.89. The van der Waals surface area contributed by atoms with Gasteiger partial charge in [0.2, 0.25) is 15.9 Å². The minimum atomic E-state index is -3.65. The van der Waals surface area contributed by atoms with E-state index >= 15 is 0 Å². The zero-order valence-corrected chi connectivity index (χ0v) is 18.0. The standard InChI is InChI=1S/C26H22N2O3S/c29-26(18-13-22-11-6-10-21-9-4-5-12-25(21)22)28-23-14-16-24(17-15-23)32(30,31)27-19-20-7-2-1-3-8-20/h1-18,27H,19H2,(H,28,29). The molecule has 1 amide bonds. The molecule has 0 bridgehead atoms. The van der Waals surface area contributed by atoms with Crippen molar-refractivity contribution in [1.82, 2.24) is 4.72 Å². The average molecular weight is 443 g/mol. The summed E-state index contributed by atoms with van der Waals surface area (Å²) in [6.45, 7) is 0.209. The number of rotatable bonds is 7. The third kappa shape index (κ3) is 5.29. The Morgan fingerprint density at radius 2 is 1.47 bits per heavy atom. The summed E-state index contributed by atoms with van der Waals surface area (Å²) in [5, 5.41) is 4.93. The van der Waals surface area contributed by atoms with Crippen LogP contribution < -0.4 is 10.0 Å². The van der Waals surface area contributed by atoms with Gasteiger partial charge in [-0.1, -0.05) is 72.8 Å². The Kier molecular flexibility index (Phi) is 6.44. The maximum absolute atomic E-state index is 12.5. The lowest BCUT2D eigenvalue weighted by Crippen LogP contribution is -2.23. The van der Waals surface area contributed by atoms with E-state index in [2.05, 4.69) is 10.0 Å². The molecule has 0 fully saturated rings. The van der Waals surface area contributed by atoms with Gasteiger partial charge < -0.3 is 5.32 Å². The summed E-state index contributed by atoms with van der Waals surface area (Å²) in [7, 11) is -3.65. The third-order valence-electron chi connectivity index (χ3n) is 4.98. The molecule has 0 atom stereocenters. The number of carbonyl (C=O) groups is 1. The first-order valence-corrected chi connectivity index (χ1v) is 11.6. The fraction of sp³-hybridized carbons (Fsp3) is 0.0385. The number of fused-ring (bicyclic) bond motifs is 1. The van der Waals surface area contributed by atoms with Gasteiger partial charge in [-0.2, -0.15) is 0 Å². The monoisotopic (exact) mass is 442 g/mol. The van der Waals surface area contributed by atoms with Crippen molar-refractivity contribution in [3.63, 3.8) is 0 Å². The average Bonchev–Trinajstić information content (AvgIpc) is 2.82. The second-order valence-corrected chi connectivity index (χ2v) is 8.99. The molecule has 5 nitrogen and oxygen atoms in total. The molecule has 0 saturated heterocycles. The molecule has 2 N–H and O–H groups in total. The maximum atomic E-state index is 12.5. The lowest BCUT2D eigenvalue weighted by molar-refractivity contribution is -0.111. The summed E-state index contributed by atoms with van der Waals surface area (Å²) < 4.78 is 27.6. The summed E-state index contributed by atoms with van der Waals surface area (Å²) in [6.07, 6.45) is 3.23. The summed E-state index contributed by atoms with van der Waals surface area (Å²) in [4.78, 5) is 12.5. The fourth-order valence-corrected chi connectivity index (χ4v) is 4.34. The molecule has 0 unspecified atom stereocenters. The van der Waals surface area contributed by atoms with Gasteiger partial charge in [0.25, 0.3) is 0 Å². The molecule has 0 aromatic heterocycles. The lowest BCUT2D eigenvalue weighted by atomic mass is 10.0. The Labute approximate surface area is 187 Å². The highest BCUT2D eigenvalue weighted by Gasteiger charge is 2.13. The number of hydrogen-bond acceptors (Lipinski definition) is 3. The van der Waals surface area contributed by atoms with Crippen LogP contribution in [0.2, 0.25) is 0 Å². The van der Waals surface area contributed by atoms with Gasteiger partial charge in [-0.05, 0) is 52.2 Å². The first-order chi connectivity index (χ1) is 15.5. The molecule has 0 spiro atoms. The van der Waals surface area contributed by atoms with Crippen LogP contribution in [-0.2, 0) is 21.4 Å². The zero-order chi connectivity index (χ0) is 22.4. The summed E-state index contributed by atoms with van der Waals surface area (Å²) >= 11 is 0. The molecule has 6 heteroatoms. The van der Waals surface area contributed by atoms with Gasteiger partial charge in [0.15, 0.2) is 0 Å². The molecule has 0 heterocycles. The first-order valence-electron chi connectivity index (χ1n) is 10.1. The van der Waals surface area contributed by atoms with E-state index in [1.807, 2.05) is 72.8 Å². The summed E-state index contributed by atoms with van der Waals surface area (Å²) in [5.41, 5.74) is 2.33. The van der Waals surface area contributed by atoms with Gasteiger partial charge in [-0.15, -0.1) is 0 Å². The van der Waals surface area contributed by atoms with Gasteiger partial charge in [-0.3, -0.25) is 4.79 Å². The second-order valence-electron chi connectivity index (χ2n) is 7.23. The van der Waals surface area contributed by atoms with Gasteiger partial charge in [0.05, 0.1) is 4.90 Å². The molecule has 4 aromatic rings. The van der Waals surface area contributed by atoms with Crippen molar-refractivity contribution in [2.75, 3.05) is 5.32 Å². The Morgan fingerprint density at radius 3 is 2.25 bits per heavy atom. The molecule has 160 valence electrons. The third-order valence-corrected chi connectivity index (χ3v) is 6.40. The van der Waals surface area contributed by atoms with Crippen LogP contribution in [0.4, 0.5) is 5.69 Å². The number of carbonyl (C=O) groups excluding carboxylic acids is 1. The normalized spacial score (nSPS) is 11.6. The Balaban J connectivity index is 1.39. The van der Waals surface area contributed by atoms with E-state index in [-0.39, 0.29) is 17.3 Å². The number of benzene rings is 4. The number of amides is 1. The lowest BCUT2D eigenvalue weighted by Gasteiger charge is -2.08. The Bertz CT molecular complexity index is 1360. The van der Waals surface area contributed by atoms with E-state index in [0.717, 1.165) is 21.9 Å². The molecule has 0 saturated carbocycles. The molecule has 0 radical (unpaired) electrons. The molecule has 4 aromatic carbocycles. The van der Waals surface area contributed by atoms with Crippen molar-refractivity contribution in [2.45, 2.75) is 11.4 Å². The smallest absolute Gasteiger partial charge is 0.248 e. The minimum Gasteiger partial charge on any atom is -0.323 e. The van der Waals surface area contributed by atoms with Crippen LogP contribution in [0.15, 0.2) is 108 Å². The van der Waals surface area contributed by atoms with E-state index in [0.29, 0.717) is 5.69 Å². The van der Waals surface area contributed by atoms with Gasteiger partial charge in [0.1, 0.15) is 0 Å². The van der Waals surface area contributed by atoms with Gasteiger partial charge in [0, 0.05) is 18.3 Å². The van der Waals surface area contributed by atoms with Gasteiger partial charge in [-0.25, -0.2) is 13.1 Å². The molecule has 4 rings (SSSR count). The summed E-state index contributed by atoms with van der Waals surface area (Å²) in [5.74, 6) is -0.296. The quantitative estimate of drug-likeness (QED) is 0.397. The van der Waals surface area contributed by atoms with Crippen molar-refractivity contribution in [3.05, 3.63) is 114 Å². The molecule has 32 heavy (non-hydrogen) atoms. The predicted molar refractivity (Wildman–Crippen MR) is 129 cm³/mol. The second kappa shape index (κ2) is 9.60. The van der Waals surface area contributed by atoms with Crippen molar-refractivity contribution in [1.29, 1.82) is 0 Å². The van der Waals surface area contributed by atoms with E-state index in [9.17, 15) is 13.2 Å². The number of anilines is 1. The SMILES string of the molecule is O=C(C=Cc1cccc2ccccc12)Nc1ccc(S(=O)(=O)NCc2ccccc2)cc1. The van der Waals surface area contributed by atoms with Crippen molar-refractivity contribution < 1.29 is 13.2 Å². The van der Waals surface area contributed by atoms with Crippen LogP contribution in [0, 0.1) is 0 Å². The van der Waals surface area contributed by atoms with E-state index in [4.69, 9.17) is 0 Å². The molecular weight excluding hydrogens is 420 g/mol. The maximum Gasteiger partial charge on any atom is 0.248 e. The van der Waals surface area contributed by atoms with Crippen molar-refractivity contribution in [3.8, 4) is 0 Å². The number of sulfonamides is 1. The highest BCUT2D eigenvalue weighted by Crippen LogP contribution is 2.20. The first kappa shape index (κ1) is 21.5. The van der Waals surface area contributed by atoms with Crippen LogP contribution in [0.25, 0.3) is 16.8 Å². The summed E-state index contributed by atoms with van der Waals surface area (Å²) in [6, 6.07) is 29.3. The Hall–Kier alpha value is -3.74. The highest BCUT2D eigenvalue weighted by atomic mass is 32.2. The molecule has 0 aliphatic rings. The topological polar surface area (TPSA) is 75.3 Å². The van der Waals surface area contributed by atoms with E-state index in [1.54, 1.807) is 18.2 Å².